The summed E-state index contributed by atoms with van der Waals surface area (Å²) < 4.78 is 26.9. The summed E-state index contributed by atoms with van der Waals surface area (Å²) in [6.07, 6.45) is 0.715. The lowest BCUT2D eigenvalue weighted by Gasteiger charge is -2.33. The largest absolute Gasteiger partial charge is 0.243 e. The lowest BCUT2D eigenvalue weighted by Crippen LogP contribution is -2.43. The number of hydrogen-bond donors (Lipinski definition) is 0. The van der Waals surface area contributed by atoms with Gasteiger partial charge in [-0.05, 0) is 37.8 Å². The monoisotopic (exact) mass is 301 g/mol. The van der Waals surface area contributed by atoms with E-state index in [1.54, 1.807) is 10.4 Å². The smallest absolute Gasteiger partial charge is 0.207 e. The van der Waals surface area contributed by atoms with Gasteiger partial charge in [0.15, 0.2) is 0 Å². The summed E-state index contributed by atoms with van der Waals surface area (Å²) in [7, 11) is -3.39. The molecule has 1 heterocycles. The van der Waals surface area contributed by atoms with Crippen LogP contribution >= 0.6 is 11.6 Å². The minimum atomic E-state index is -3.39. The first-order valence-corrected chi connectivity index (χ1v) is 8.41. The molecule has 0 N–H and O–H groups in total. The molecule has 2 unspecified atom stereocenters. The fourth-order valence-electron chi connectivity index (χ4n) is 2.52. The van der Waals surface area contributed by atoms with Crippen LogP contribution in [0.4, 0.5) is 0 Å². The van der Waals surface area contributed by atoms with E-state index in [0.717, 1.165) is 11.1 Å². The van der Waals surface area contributed by atoms with Crippen LogP contribution in [0.5, 0.6) is 0 Å². The summed E-state index contributed by atoms with van der Waals surface area (Å²) in [5.74, 6) is 0.191. The zero-order valence-electron chi connectivity index (χ0n) is 11.6. The van der Waals surface area contributed by atoms with Gasteiger partial charge < -0.3 is 0 Å². The van der Waals surface area contributed by atoms with Gasteiger partial charge in [-0.2, -0.15) is 4.31 Å². The molecule has 2 rings (SSSR count). The number of sulfonamides is 1. The SMILES string of the molecule is Cc1ccc(S(=O)(=O)N2CCC(Cl)C(C)C2)c(C)c1. The standard InChI is InChI=1S/C14H20ClNO2S/c1-10-4-5-14(11(2)8-10)19(17,18)16-7-6-13(15)12(3)9-16/h4-5,8,12-13H,6-7,9H2,1-3H3. The highest BCUT2D eigenvalue weighted by atomic mass is 35.5. The van der Waals surface area contributed by atoms with Crippen molar-refractivity contribution in [2.24, 2.45) is 5.92 Å². The molecule has 2 atom stereocenters. The summed E-state index contributed by atoms with van der Waals surface area (Å²) in [4.78, 5) is 0.415. The number of benzene rings is 1. The molecule has 1 fully saturated rings. The van der Waals surface area contributed by atoms with Gasteiger partial charge in [-0.1, -0.05) is 24.6 Å². The first kappa shape index (κ1) is 14.8. The third kappa shape index (κ3) is 2.96. The first-order valence-electron chi connectivity index (χ1n) is 6.54. The molecule has 1 aromatic carbocycles. The van der Waals surface area contributed by atoms with Crippen LogP contribution in [-0.2, 0) is 10.0 Å². The highest BCUT2D eigenvalue weighted by Crippen LogP contribution is 2.28. The summed E-state index contributed by atoms with van der Waals surface area (Å²) in [6, 6.07) is 5.46. The summed E-state index contributed by atoms with van der Waals surface area (Å²) in [5, 5.41) is 0.0746. The quantitative estimate of drug-likeness (QED) is 0.788. The zero-order valence-corrected chi connectivity index (χ0v) is 13.1. The second kappa shape index (κ2) is 5.43. The van der Waals surface area contributed by atoms with Gasteiger partial charge >= 0.3 is 0 Å². The number of rotatable bonds is 2. The number of nitrogens with zero attached hydrogens (tertiary/aromatic N) is 1. The molecule has 3 nitrogen and oxygen atoms in total. The molecule has 5 heteroatoms. The van der Waals surface area contributed by atoms with Crippen LogP contribution in [0, 0.1) is 19.8 Å². The van der Waals surface area contributed by atoms with Crippen molar-refractivity contribution in [2.75, 3.05) is 13.1 Å². The number of piperidine rings is 1. The fourth-order valence-corrected chi connectivity index (χ4v) is 4.46. The van der Waals surface area contributed by atoms with Gasteiger partial charge in [0.05, 0.1) is 4.90 Å². The number of hydrogen-bond acceptors (Lipinski definition) is 2. The molecule has 106 valence electrons. The average molecular weight is 302 g/mol. The van der Waals surface area contributed by atoms with E-state index >= 15 is 0 Å². The Morgan fingerprint density at radius 2 is 2.00 bits per heavy atom. The minimum Gasteiger partial charge on any atom is -0.207 e. The number of alkyl halides is 1. The maximum atomic E-state index is 12.7. The van der Waals surface area contributed by atoms with E-state index in [9.17, 15) is 8.42 Å². The molecule has 1 aliphatic heterocycles. The summed E-state index contributed by atoms with van der Waals surface area (Å²) >= 11 is 6.16. The third-order valence-electron chi connectivity index (χ3n) is 3.71. The van der Waals surface area contributed by atoms with Crippen molar-refractivity contribution in [2.45, 2.75) is 37.5 Å². The normalized spacial score (nSPS) is 25.5. The third-order valence-corrected chi connectivity index (χ3v) is 6.39. The topological polar surface area (TPSA) is 37.4 Å². The highest BCUT2D eigenvalue weighted by Gasteiger charge is 2.33. The maximum Gasteiger partial charge on any atom is 0.243 e. The predicted octanol–water partition coefficient (Wildman–Crippen LogP) is 2.94. The van der Waals surface area contributed by atoms with Crippen LogP contribution in [0.15, 0.2) is 23.1 Å². The Balaban J connectivity index is 2.32. The Labute approximate surface area is 120 Å². The predicted molar refractivity (Wildman–Crippen MR) is 78.1 cm³/mol. The van der Waals surface area contributed by atoms with Crippen molar-refractivity contribution in [3.63, 3.8) is 0 Å². The molecular weight excluding hydrogens is 282 g/mol. The van der Waals surface area contributed by atoms with Crippen LogP contribution in [0.2, 0.25) is 0 Å². The Morgan fingerprint density at radius 3 is 2.58 bits per heavy atom. The van der Waals surface area contributed by atoms with Crippen LogP contribution in [0.1, 0.15) is 24.5 Å². The minimum absolute atomic E-state index is 0.0746. The number of halogens is 1. The van der Waals surface area contributed by atoms with Gasteiger partial charge in [-0.3, -0.25) is 0 Å². The van der Waals surface area contributed by atoms with E-state index < -0.39 is 10.0 Å². The highest BCUT2D eigenvalue weighted by molar-refractivity contribution is 7.89. The van der Waals surface area contributed by atoms with Gasteiger partial charge in [0, 0.05) is 18.5 Å². The van der Waals surface area contributed by atoms with Gasteiger partial charge in [0.1, 0.15) is 0 Å². The molecule has 0 aromatic heterocycles. The molecule has 1 aromatic rings. The second-order valence-corrected chi connectivity index (χ2v) is 7.88. The molecule has 1 saturated heterocycles. The van der Waals surface area contributed by atoms with Crippen molar-refractivity contribution in [3.05, 3.63) is 29.3 Å². The number of aryl methyl sites for hydroxylation is 2. The molecule has 0 radical (unpaired) electrons. The van der Waals surface area contributed by atoms with Crippen molar-refractivity contribution in [1.29, 1.82) is 0 Å². The van der Waals surface area contributed by atoms with Gasteiger partial charge in [0.2, 0.25) is 10.0 Å². The molecule has 0 amide bonds. The molecule has 0 aliphatic carbocycles. The molecule has 19 heavy (non-hydrogen) atoms. The Kier molecular flexibility index (Phi) is 4.23. The Hall–Kier alpha value is -0.580. The molecule has 0 spiro atoms. The van der Waals surface area contributed by atoms with Crippen LogP contribution in [-0.4, -0.2) is 31.2 Å². The maximum absolute atomic E-state index is 12.7. The van der Waals surface area contributed by atoms with E-state index in [0.29, 0.717) is 24.4 Å². The van der Waals surface area contributed by atoms with Crippen LogP contribution < -0.4 is 0 Å². The average Bonchev–Trinajstić information content (AvgIpc) is 2.32. The van der Waals surface area contributed by atoms with Gasteiger partial charge in [-0.15, -0.1) is 11.6 Å². The van der Waals surface area contributed by atoms with Gasteiger partial charge in [-0.25, -0.2) is 8.42 Å². The van der Waals surface area contributed by atoms with Crippen molar-refractivity contribution >= 4 is 21.6 Å². The molecule has 0 bridgehead atoms. The van der Waals surface area contributed by atoms with Crippen LogP contribution in [0.25, 0.3) is 0 Å². The molecular formula is C14H20ClNO2S. The van der Waals surface area contributed by atoms with Crippen molar-refractivity contribution in [1.82, 2.24) is 4.31 Å². The van der Waals surface area contributed by atoms with Crippen molar-refractivity contribution in [3.8, 4) is 0 Å². The van der Waals surface area contributed by atoms with E-state index in [1.165, 1.54) is 0 Å². The lowest BCUT2D eigenvalue weighted by atomic mass is 10.0. The first-order chi connectivity index (χ1) is 8.82. The zero-order chi connectivity index (χ0) is 14.2. The van der Waals surface area contributed by atoms with E-state index in [2.05, 4.69) is 0 Å². The Bertz CT molecular complexity index is 571. The second-order valence-electron chi connectivity index (χ2n) is 5.41. The van der Waals surface area contributed by atoms with Gasteiger partial charge in [0.25, 0.3) is 0 Å². The Morgan fingerprint density at radius 1 is 1.32 bits per heavy atom. The molecule has 1 aliphatic rings. The van der Waals surface area contributed by atoms with E-state index in [-0.39, 0.29) is 11.3 Å². The molecule has 0 saturated carbocycles. The van der Waals surface area contributed by atoms with E-state index in [4.69, 9.17) is 11.6 Å². The lowest BCUT2D eigenvalue weighted by molar-refractivity contribution is 0.286. The van der Waals surface area contributed by atoms with Crippen LogP contribution in [0.3, 0.4) is 0 Å². The van der Waals surface area contributed by atoms with Crippen molar-refractivity contribution < 1.29 is 8.42 Å². The fraction of sp³-hybridized carbons (Fsp3) is 0.571. The summed E-state index contributed by atoms with van der Waals surface area (Å²) in [6.45, 7) is 6.82. The van der Waals surface area contributed by atoms with E-state index in [1.807, 2.05) is 32.9 Å². The summed E-state index contributed by atoms with van der Waals surface area (Å²) in [5.41, 5.74) is 1.88.